The first kappa shape index (κ1) is 14.3. The Morgan fingerprint density at radius 3 is 2.50 bits per heavy atom. The third-order valence-corrected chi connectivity index (χ3v) is 3.44. The maximum atomic E-state index is 9.31. The second-order valence-electron chi connectivity index (χ2n) is 5.62. The summed E-state index contributed by atoms with van der Waals surface area (Å²) in [4.78, 5) is 4.67. The van der Waals surface area contributed by atoms with Gasteiger partial charge in [0.05, 0.1) is 11.4 Å². The molecule has 0 fully saturated rings. The first-order valence-corrected chi connectivity index (χ1v) is 7.24. The third-order valence-electron chi connectivity index (χ3n) is 3.44. The molecule has 2 aromatic heterocycles. The number of rotatable bonds is 3. The summed E-state index contributed by atoms with van der Waals surface area (Å²) in [6.45, 7) is 6.23. The highest BCUT2D eigenvalue weighted by Crippen LogP contribution is 2.29. The Balaban J connectivity index is 2.08. The van der Waals surface area contributed by atoms with Gasteiger partial charge in [0, 0.05) is 6.20 Å². The molecule has 0 atom stereocenters. The van der Waals surface area contributed by atoms with Gasteiger partial charge in [0.15, 0.2) is 5.82 Å². The molecule has 0 aliphatic rings. The molecule has 0 saturated carbocycles. The predicted octanol–water partition coefficient (Wildman–Crippen LogP) is 4.89. The van der Waals surface area contributed by atoms with Gasteiger partial charge >= 0.3 is 0 Å². The van der Waals surface area contributed by atoms with Gasteiger partial charge in [0.25, 0.3) is 0 Å². The van der Waals surface area contributed by atoms with E-state index in [2.05, 4.69) is 29.1 Å². The largest absolute Gasteiger partial charge is 0.508 e. The van der Waals surface area contributed by atoms with E-state index in [9.17, 15) is 5.11 Å². The lowest BCUT2D eigenvalue weighted by atomic mass is 10.1. The number of aryl methyl sites for hydroxylation is 1. The number of aromatic hydroxyl groups is 1. The van der Waals surface area contributed by atoms with E-state index in [1.807, 2.05) is 29.7 Å². The van der Waals surface area contributed by atoms with E-state index in [1.54, 1.807) is 24.3 Å². The fourth-order valence-electron chi connectivity index (χ4n) is 2.26. The van der Waals surface area contributed by atoms with E-state index in [4.69, 9.17) is 0 Å². The summed E-state index contributed by atoms with van der Waals surface area (Å²) in [5.74, 6) is 1.22. The van der Waals surface area contributed by atoms with Crippen molar-refractivity contribution < 1.29 is 5.11 Å². The lowest BCUT2D eigenvalue weighted by molar-refractivity contribution is 0.475. The van der Waals surface area contributed by atoms with Gasteiger partial charge in [-0.15, -0.1) is 10.2 Å². The van der Waals surface area contributed by atoms with Crippen LogP contribution in [-0.2, 0) is 0 Å². The number of phenols is 1. The number of benzene rings is 1. The van der Waals surface area contributed by atoms with Crippen LogP contribution in [0.5, 0.6) is 5.75 Å². The van der Waals surface area contributed by atoms with Crippen LogP contribution >= 0.6 is 0 Å². The van der Waals surface area contributed by atoms with Crippen LogP contribution in [0.1, 0.15) is 31.0 Å². The highest BCUT2D eigenvalue weighted by atomic mass is 16.3. The summed E-state index contributed by atoms with van der Waals surface area (Å²) in [5.41, 5.74) is 3.65. The van der Waals surface area contributed by atoms with Gasteiger partial charge in [0.1, 0.15) is 11.4 Å². The van der Waals surface area contributed by atoms with Gasteiger partial charge in [0.2, 0.25) is 0 Å². The average molecular weight is 294 g/mol. The molecule has 0 radical (unpaired) electrons. The van der Waals surface area contributed by atoms with E-state index in [0.717, 1.165) is 22.7 Å². The molecule has 1 aromatic carbocycles. The smallest absolute Gasteiger partial charge is 0.183 e. The van der Waals surface area contributed by atoms with Crippen LogP contribution in [0, 0.1) is 6.92 Å². The molecule has 5 heteroatoms. The fourth-order valence-corrected chi connectivity index (χ4v) is 2.26. The van der Waals surface area contributed by atoms with Crippen LogP contribution in [0.15, 0.2) is 52.8 Å². The molecule has 0 unspecified atom stereocenters. The molecule has 22 heavy (non-hydrogen) atoms. The third kappa shape index (κ3) is 2.70. The number of imidazole rings is 1. The quantitative estimate of drug-likeness (QED) is 0.699. The summed E-state index contributed by atoms with van der Waals surface area (Å²) in [6.07, 6.45) is 1.97. The number of pyridine rings is 1. The summed E-state index contributed by atoms with van der Waals surface area (Å²) >= 11 is 0. The fraction of sp³-hybridized carbons (Fsp3) is 0.235. The molecular formula is C17H18N4O. The topological polar surface area (TPSA) is 62.2 Å². The molecule has 1 N–H and O–H groups in total. The van der Waals surface area contributed by atoms with Crippen molar-refractivity contribution >= 4 is 17.2 Å². The van der Waals surface area contributed by atoms with Gasteiger partial charge in [-0.25, -0.2) is 4.98 Å². The molecule has 0 bridgehead atoms. The van der Waals surface area contributed by atoms with Gasteiger partial charge in [-0.2, -0.15) is 0 Å². The first-order chi connectivity index (χ1) is 10.5. The number of fused-ring (bicyclic) bond motifs is 1. The number of phenolic OH excluding ortho intramolecular Hbond substituents is 1. The normalized spacial score (nSPS) is 11.8. The highest BCUT2D eigenvalue weighted by Gasteiger charge is 2.14. The van der Waals surface area contributed by atoms with Crippen molar-refractivity contribution in [3.05, 3.63) is 53.9 Å². The van der Waals surface area contributed by atoms with Crippen LogP contribution in [-0.4, -0.2) is 14.5 Å². The van der Waals surface area contributed by atoms with Gasteiger partial charge in [-0.3, -0.25) is 4.40 Å². The lowest BCUT2D eigenvalue weighted by Gasteiger charge is -2.01. The maximum absolute atomic E-state index is 9.31. The monoisotopic (exact) mass is 294 g/mol. The van der Waals surface area contributed by atoms with Crippen molar-refractivity contribution in [3.63, 3.8) is 0 Å². The van der Waals surface area contributed by atoms with E-state index in [0.29, 0.717) is 5.69 Å². The van der Waals surface area contributed by atoms with Crippen LogP contribution in [0.2, 0.25) is 0 Å². The molecule has 0 amide bonds. The van der Waals surface area contributed by atoms with E-state index < -0.39 is 0 Å². The van der Waals surface area contributed by atoms with E-state index in [1.165, 1.54) is 0 Å². The second kappa shape index (κ2) is 5.60. The molecule has 2 heterocycles. The Labute approximate surface area is 129 Å². The van der Waals surface area contributed by atoms with Gasteiger partial charge < -0.3 is 5.11 Å². The highest BCUT2D eigenvalue weighted by molar-refractivity contribution is 5.54. The zero-order chi connectivity index (χ0) is 15.7. The minimum atomic E-state index is 0.215. The standard InChI is InChI=1S/C17H18N4O/c1-11(2)16-17(20-19-13-4-6-14(22)7-5-13)21-9-8-12(3)10-15(21)18-16/h4-11,22H,1-3H3. The van der Waals surface area contributed by atoms with Crippen molar-refractivity contribution in [2.45, 2.75) is 26.7 Å². The molecule has 5 nitrogen and oxygen atoms in total. The molecule has 112 valence electrons. The van der Waals surface area contributed by atoms with E-state index >= 15 is 0 Å². The maximum Gasteiger partial charge on any atom is 0.183 e. The molecule has 3 aromatic rings. The Kier molecular flexibility index (Phi) is 3.63. The van der Waals surface area contributed by atoms with Crippen LogP contribution in [0.25, 0.3) is 5.65 Å². The Morgan fingerprint density at radius 2 is 1.82 bits per heavy atom. The molecular weight excluding hydrogens is 276 g/mol. The Morgan fingerprint density at radius 1 is 1.09 bits per heavy atom. The summed E-state index contributed by atoms with van der Waals surface area (Å²) in [5, 5.41) is 18.0. The Hall–Kier alpha value is -2.69. The van der Waals surface area contributed by atoms with Crippen LogP contribution in [0.3, 0.4) is 0 Å². The van der Waals surface area contributed by atoms with Gasteiger partial charge in [-0.05, 0) is 54.8 Å². The number of hydrogen-bond donors (Lipinski definition) is 1. The molecule has 0 saturated heterocycles. The van der Waals surface area contributed by atoms with Crippen LogP contribution in [0.4, 0.5) is 11.5 Å². The lowest BCUT2D eigenvalue weighted by Crippen LogP contribution is -1.87. The zero-order valence-electron chi connectivity index (χ0n) is 12.9. The number of azo groups is 1. The summed E-state index contributed by atoms with van der Waals surface area (Å²) in [6, 6.07) is 10.7. The van der Waals surface area contributed by atoms with Crippen molar-refractivity contribution in [1.82, 2.24) is 9.38 Å². The van der Waals surface area contributed by atoms with Crippen molar-refractivity contribution in [1.29, 1.82) is 0 Å². The SMILES string of the molecule is Cc1ccn2c(N=Nc3ccc(O)cc3)c(C(C)C)nc2c1. The number of hydrogen-bond acceptors (Lipinski definition) is 4. The first-order valence-electron chi connectivity index (χ1n) is 7.24. The van der Waals surface area contributed by atoms with E-state index in [-0.39, 0.29) is 11.7 Å². The number of nitrogens with zero attached hydrogens (tertiary/aromatic N) is 4. The van der Waals surface area contributed by atoms with Crippen molar-refractivity contribution in [2.75, 3.05) is 0 Å². The van der Waals surface area contributed by atoms with Crippen LogP contribution < -0.4 is 0 Å². The molecule has 0 spiro atoms. The van der Waals surface area contributed by atoms with Gasteiger partial charge in [-0.1, -0.05) is 13.8 Å². The predicted molar refractivity (Wildman–Crippen MR) is 86.3 cm³/mol. The second-order valence-corrected chi connectivity index (χ2v) is 5.62. The minimum Gasteiger partial charge on any atom is -0.508 e. The average Bonchev–Trinajstić information content (AvgIpc) is 2.84. The molecule has 3 rings (SSSR count). The Bertz CT molecular complexity index is 832. The molecule has 0 aliphatic heterocycles. The van der Waals surface area contributed by atoms with Crippen molar-refractivity contribution in [3.8, 4) is 5.75 Å². The number of aromatic nitrogens is 2. The van der Waals surface area contributed by atoms with Crippen molar-refractivity contribution in [2.24, 2.45) is 10.2 Å². The summed E-state index contributed by atoms with van der Waals surface area (Å²) in [7, 11) is 0. The minimum absolute atomic E-state index is 0.215. The summed E-state index contributed by atoms with van der Waals surface area (Å²) < 4.78 is 1.95. The molecule has 0 aliphatic carbocycles. The zero-order valence-corrected chi connectivity index (χ0v) is 12.9.